The number of thiazole rings is 1. The molecule has 1 fully saturated rings. The van der Waals surface area contributed by atoms with Crippen molar-refractivity contribution >= 4 is 17.2 Å². The standard InChI is InChI=1S/C21H20N2OS/c24-21(19-15-22-20(25-19)17-10-5-2-6-11-17)23-13-7-12-18(23)14-16-8-3-1-4-9-16/h1-6,8-11,15,18H,7,12-14H2/t18-/m0/s1. The summed E-state index contributed by atoms with van der Waals surface area (Å²) in [4.78, 5) is 20.2. The Morgan fingerprint density at radius 3 is 2.56 bits per heavy atom. The van der Waals surface area contributed by atoms with E-state index >= 15 is 0 Å². The summed E-state index contributed by atoms with van der Waals surface area (Å²) in [6, 6.07) is 20.8. The van der Waals surface area contributed by atoms with Gasteiger partial charge in [-0.3, -0.25) is 4.79 Å². The van der Waals surface area contributed by atoms with Crippen molar-refractivity contribution in [2.75, 3.05) is 6.54 Å². The molecule has 1 saturated heterocycles. The van der Waals surface area contributed by atoms with Gasteiger partial charge in [-0.25, -0.2) is 4.98 Å². The molecule has 4 rings (SSSR count). The number of hydrogen-bond donors (Lipinski definition) is 0. The highest BCUT2D eigenvalue weighted by molar-refractivity contribution is 7.16. The van der Waals surface area contributed by atoms with Crippen molar-refractivity contribution < 1.29 is 4.79 Å². The monoisotopic (exact) mass is 348 g/mol. The fraction of sp³-hybridized carbons (Fsp3) is 0.238. The average Bonchev–Trinajstić information content (AvgIpc) is 3.32. The Morgan fingerprint density at radius 2 is 1.80 bits per heavy atom. The third kappa shape index (κ3) is 3.49. The molecular weight excluding hydrogens is 328 g/mol. The maximum absolute atomic E-state index is 13.0. The van der Waals surface area contributed by atoms with E-state index in [9.17, 15) is 4.79 Å². The van der Waals surface area contributed by atoms with Crippen molar-refractivity contribution in [3.05, 3.63) is 77.3 Å². The molecular formula is C21H20N2OS. The predicted molar refractivity (Wildman–Crippen MR) is 102 cm³/mol. The van der Waals surface area contributed by atoms with Crippen molar-refractivity contribution in [2.24, 2.45) is 0 Å². The molecule has 25 heavy (non-hydrogen) atoms. The van der Waals surface area contributed by atoms with Crippen LogP contribution in [0.2, 0.25) is 0 Å². The molecule has 1 aliphatic rings. The van der Waals surface area contributed by atoms with Crippen molar-refractivity contribution in [3.8, 4) is 10.6 Å². The molecule has 0 spiro atoms. The average molecular weight is 348 g/mol. The van der Waals surface area contributed by atoms with E-state index in [0.29, 0.717) is 0 Å². The van der Waals surface area contributed by atoms with E-state index in [1.54, 1.807) is 6.20 Å². The number of benzene rings is 2. The largest absolute Gasteiger partial charge is 0.335 e. The zero-order valence-corrected chi connectivity index (χ0v) is 14.8. The molecule has 4 heteroatoms. The topological polar surface area (TPSA) is 33.2 Å². The molecule has 1 aliphatic heterocycles. The lowest BCUT2D eigenvalue weighted by atomic mass is 10.0. The Balaban J connectivity index is 1.51. The summed E-state index contributed by atoms with van der Waals surface area (Å²) in [5.41, 5.74) is 2.36. The maximum atomic E-state index is 13.0. The van der Waals surface area contributed by atoms with Crippen molar-refractivity contribution in [1.29, 1.82) is 0 Å². The first-order valence-corrected chi connectivity index (χ1v) is 9.49. The molecule has 0 radical (unpaired) electrons. The van der Waals surface area contributed by atoms with E-state index in [0.717, 1.165) is 41.3 Å². The highest BCUT2D eigenvalue weighted by Crippen LogP contribution is 2.29. The third-order valence-corrected chi connectivity index (χ3v) is 5.72. The number of hydrogen-bond acceptors (Lipinski definition) is 3. The molecule has 1 amide bonds. The zero-order valence-electron chi connectivity index (χ0n) is 14.0. The van der Waals surface area contributed by atoms with E-state index in [-0.39, 0.29) is 11.9 Å². The summed E-state index contributed by atoms with van der Waals surface area (Å²) in [7, 11) is 0. The number of carbonyl (C=O) groups excluding carboxylic acids is 1. The molecule has 0 N–H and O–H groups in total. The lowest BCUT2D eigenvalue weighted by molar-refractivity contribution is 0.0741. The van der Waals surface area contributed by atoms with Gasteiger partial charge in [-0.15, -0.1) is 11.3 Å². The minimum absolute atomic E-state index is 0.123. The van der Waals surface area contributed by atoms with Gasteiger partial charge in [0, 0.05) is 18.2 Å². The smallest absolute Gasteiger partial charge is 0.265 e. The first-order valence-electron chi connectivity index (χ1n) is 8.67. The normalized spacial score (nSPS) is 17.0. The predicted octanol–water partition coefficient (Wildman–Crippen LogP) is 4.66. The Kier molecular flexibility index (Phi) is 4.61. The van der Waals surface area contributed by atoms with Gasteiger partial charge in [-0.2, -0.15) is 0 Å². The van der Waals surface area contributed by atoms with Crippen LogP contribution >= 0.6 is 11.3 Å². The van der Waals surface area contributed by atoms with Gasteiger partial charge in [0.1, 0.15) is 9.88 Å². The van der Waals surface area contributed by atoms with Gasteiger partial charge in [-0.05, 0) is 24.8 Å². The van der Waals surface area contributed by atoms with Crippen LogP contribution in [0, 0.1) is 0 Å². The van der Waals surface area contributed by atoms with Crippen LogP contribution in [0.3, 0.4) is 0 Å². The van der Waals surface area contributed by atoms with Gasteiger partial charge in [0.15, 0.2) is 0 Å². The molecule has 126 valence electrons. The molecule has 0 unspecified atom stereocenters. The van der Waals surface area contributed by atoms with Crippen LogP contribution in [-0.4, -0.2) is 28.4 Å². The molecule has 1 atom stereocenters. The summed E-state index contributed by atoms with van der Waals surface area (Å²) in [5, 5.41) is 0.905. The molecule has 3 aromatic rings. The van der Waals surface area contributed by atoms with E-state index in [4.69, 9.17) is 0 Å². The van der Waals surface area contributed by atoms with Gasteiger partial charge in [0.05, 0.1) is 6.20 Å². The lowest BCUT2D eigenvalue weighted by Gasteiger charge is -2.24. The molecule has 0 saturated carbocycles. The lowest BCUT2D eigenvalue weighted by Crippen LogP contribution is -2.36. The molecule has 2 aromatic carbocycles. The number of rotatable bonds is 4. The van der Waals surface area contributed by atoms with Crippen molar-refractivity contribution in [3.63, 3.8) is 0 Å². The van der Waals surface area contributed by atoms with E-state index in [2.05, 4.69) is 29.2 Å². The van der Waals surface area contributed by atoms with Crippen LogP contribution in [0.25, 0.3) is 10.6 Å². The summed E-state index contributed by atoms with van der Waals surface area (Å²) in [6.45, 7) is 0.842. The third-order valence-electron chi connectivity index (χ3n) is 4.69. The number of amides is 1. The Bertz CT molecular complexity index is 845. The zero-order chi connectivity index (χ0) is 17.1. The first-order chi connectivity index (χ1) is 12.3. The maximum Gasteiger partial charge on any atom is 0.265 e. The van der Waals surface area contributed by atoms with Gasteiger partial charge < -0.3 is 4.90 Å². The minimum atomic E-state index is 0.123. The van der Waals surface area contributed by atoms with Gasteiger partial charge in [0.2, 0.25) is 0 Å². The molecule has 2 heterocycles. The number of likely N-dealkylation sites (tertiary alicyclic amines) is 1. The fourth-order valence-corrected chi connectivity index (χ4v) is 4.31. The number of nitrogens with zero attached hydrogens (tertiary/aromatic N) is 2. The second-order valence-electron chi connectivity index (χ2n) is 6.38. The van der Waals surface area contributed by atoms with E-state index in [1.807, 2.05) is 41.3 Å². The van der Waals surface area contributed by atoms with Crippen LogP contribution in [0.1, 0.15) is 28.1 Å². The Morgan fingerprint density at radius 1 is 1.08 bits per heavy atom. The summed E-state index contributed by atoms with van der Waals surface area (Å²) in [6.07, 6.45) is 4.81. The Hall–Kier alpha value is -2.46. The van der Waals surface area contributed by atoms with Gasteiger partial charge in [-0.1, -0.05) is 60.7 Å². The van der Waals surface area contributed by atoms with Crippen LogP contribution in [0.5, 0.6) is 0 Å². The number of aromatic nitrogens is 1. The highest BCUT2D eigenvalue weighted by Gasteiger charge is 2.30. The van der Waals surface area contributed by atoms with Crippen LogP contribution in [0.15, 0.2) is 66.9 Å². The van der Waals surface area contributed by atoms with Gasteiger partial charge >= 0.3 is 0 Å². The molecule has 1 aromatic heterocycles. The fourth-order valence-electron chi connectivity index (χ4n) is 3.43. The summed E-state index contributed by atoms with van der Waals surface area (Å²) >= 11 is 1.49. The van der Waals surface area contributed by atoms with Crippen LogP contribution in [0.4, 0.5) is 0 Å². The quantitative estimate of drug-likeness (QED) is 0.687. The highest BCUT2D eigenvalue weighted by atomic mass is 32.1. The summed E-state index contributed by atoms with van der Waals surface area (Å²) < 4.78 is 0. The Labute approximate surface area is 152 Å². The second-order valence-corrected chi connectivity index (χ2v) is 7.41. The van der Waals surface area contributed by atoms with E-state index in [1.165, 1.54) is 16.9 Å². The van der Waals surface area contributed by atoms with Gasteiger partial charge in [0.25, 0.3) is 5.91 Å². The number of carbonyl (C=O) groups is 1. The summed E-state index contributed by atoms with van der Waals surface area (Å²) in [5.74, 6) is 0.123. The molecule has 3 nitrogen and oxygen atoms in total. The molecule has 0 bridgehead atoms. The molecule has 0 aliphatic carbocycles. The minimum Gasteiger partial charge on any atom is -0.335 e. The first kappa shape index (κ1) is 16.0. The van der Waals surface area contributed by atoms with Crippen LogP contribution < -0.4 is 0 Å². The van der Waals surface area contributed by atoms with Crippen molar-refractivity contribution in [2.45, 2.75) is 25.3 Å². The van der Waals surface area contributed by atoms with Crippen LogP contribution in [-0.2, 0) is 6.42 Å². The van der Waals surface area contributed by atoms with Crippen molar-refractivity contribution in [1.82, 2.24) is 9.88 Å². The second kappa shape index (κ2) is 7.19. The SMILES string of the molecule is O=C(c1cnc(-c2ccccc2)s1)N1CCC[C@H]1Cc1ccccc1. The van der Waals surface area contributed by atoms with E-state index < -0.39 is 0 Å².